The van der Waals surface area contributed by atoms with Crippen molar-refractivity contribution in [1.82, 2.24) is 15.1 Å². The van der Waals surface area contributed by atoms with Gasteiger partial charge in [0.05, 0.1) is 17.1 Å². The third-order valence-electron chi connectivity index (χ3n) is 4.74. The lowest BCUT2D eigenvalue weighted by atomic mass is 10.1. The zero-order valence-electron chi connectivity index (χ0n) is 15.7. The van der Waals surface area contributed by atoms with Gasteiger partial charge in [-0.3, -0.25) is 9.59 Å². The number of hydrogen-bond donors (Lipinski definition) is 1. The summed E-state index contributed by atoms with van der Waals surface area (Å²) in [5, 5.41) is 8.86. The van der Waals surface area contributed by atoms with E-state index in [1.54, 1.807) is 42.5 Å². The van der Waals surface area contributed by atoms with Gasteiger partial charge >= 0.3 is 0 Å². The number of benzene rings is 3. The molecule has 3 aromatic carbocycles. The van der Waals surface area contributed by atoms with Gasteiger partial charge in [0, 0.05) is 10.4 Å². The minimum atomic E-state index is -0.377. The van der Waals surface area contributed by atoms with Crippen molar-refractivity contribution in [2.75, 3.05) is 0 Å². The molecular formula is C23H18ClN3O2. The van der Waals surface area contributed by atoms with E-state index in [0.29, 0.717) is 21.5 Å². The number of aromatic nitrogens is 2. The van der Waals surface area contributed by atoms with Crippen molar-refractivity contribution >= 4 is 28.3 Å². The van der Waals surface area contributed by atoms with Crippen LogP contribution in [-0.4, -0.2) is 15.7 Å². The average Bonchev–Trinajstić information content (AvgIpc) is 2.75. The first kappa shape index (κ1) is 18.9. The second-order valence-electron chi connectivity index (χ2n) is 6.66. The number of nitrogens with zero attached hydrogens (tertiary/aromatic N) is 2. The van der Waals surface area contributed by atoms with Gasteiger partial charge in [-0.1, -0.05) is 66.2 Å². The Morgan fingerprint density at radius 1 is 0.931 bits per heavy atom. The number of hydrogen-bond acceptors (Lipinski definition) is 3. The molecular weight excluding hydrogens is 386 g/mol. The molecule has 1 amide bonds. The highest BCUT2D eigenvalue weighted by atomic mass is 35.5. The smallest absolute Gasteiger partial charge is 0.279 e. The second kappa shape index (κ2) is 7.89. The van der Waals surface area contributed by atoms with Crippen molar-refractivity contribution in [3.63, 3.8) is 0 Å². The Morgan fingerprint density at radius 3 is 2.28 bits per heavy atom. The summed E-state index contributed by atoms with van der Waals surface area (Å²) in [5.74, 6) is -0.377. The molecule has 144 valence electrons. The summed E-state index contributed by atoms with van der Waals surface area (Å²) in [4.78, 5) is 26.1. The van der Waals surface area contributed by atoms with E-state index in [-0.39, 0.29) is 23.2 Å². The van der Waals surface area contributed by atoms with Gasteiger partial charge < -0.3 is 5.32 Å². The fourth-order valence-corrected chi connectivity index (χ4v) is 3.57. The van der Waals surface area contributed by atoms with Crippen molar-refractivity contribution in [2.24, 2.45) is 0 Å². The molecule has 4 aromatic rings. The minimum absolute atomic E-state index is 0.183. The summed E-state index contributed by atoms with van der Waals surface area (Å²) in [6, 6.07) is 23.1. The molecule has 0 aliphatic heterocycles. The Kier molecular flexibility index (Phi) is 5.14. The van der Waals surface area contributed by atoms with Gasteiger partial charge in [0.2, 0.25) is 0 Å². The normalized spacial score (nSPS) is 11.9. The van der Waals surface area contributed by atoms with Crippen molar-refractivity contribution in [3.8, 4) is 5.69 Å². The number of carbonyl (C=O) groups is 1. The van der Waals surface area contributed by atoms with Crippen LogP contribution in [0.15, 0.2) is 83.7 Å². The van der Waals surface area contributed by atoms with Gasteiger partial charge in [-0.05, 0) is 36.8 Å². The molecule has 0 saturated heterocycles. The molecule has 1 heterocycles. The van der Waals surface area contributed by atoms with Crippen LogP contribution in [0.2, 0.25) is 5.02 Å². The topological polar surface area (TPSA) is 64.0 Å². The predicted molar refractivity (Wildman–Crippen MR) is 115 cm³/mol. The molecule has 1 unspecified atom stereocenters. The Morgan fingerprint density at radius 2 is 1.55 bits per heavy atom. The van der Waals surface area contributed by atoms with Gasteiger partial charge in [0.15, 0.2) is 5.69 Å². The number of amides is 1. The van der Waals surface area contributed by atoms with Gasteiger partial charge in [-0.15, -0.1) is 0 Å². The van der Waals surface area contributed by atoms with Crippen LogP contribution < -0.4 is 10.9 Å². The maximum absolute atomic E-state index is 13.1. The van der Waals surface area contributed by atoms with Crippen LogP contribution >= 0.6 is 11.6 Å². The van der Waals surface area contributed by atoms with Crippen LogP contribution in [0.4, 0.5) is 0 Å². The third-order valence-corrected chi connectivity index (χ3v) is 5.08. The zero-order valence-corrected chi connectivity index (χ0v) is 16.4. The maximum atomic E-state index is 13.1. The molecule has 0 aliphatic carbocycles. The third kappa shape index (κ3) is 3.65. The largest absolute Gasteiger partial charge is 0.344 e. The van der Waals surface area contributed by atoms with E-state index < -0.39 is 0 Å². The fourth-order valence-electron chi connectivity index (χ4n) is 3.27. The lowest BCUT2D eigenvalue weighted by Crippen LogP contribution is -2.31. The van der Waals surface area contributed by atoms with Gasteiger partial charge in [-0.25, -0.2) is 0 Å². The summed E-state index contributed by atoms with van der Waals surface area (Å²) in [6.07, 6.45) is 0. The van der Waals surface area contributed by atoms with Crippen LogP contribution in [0.25, 0.3) is 16.5 Å². The number of para-hydroxylation sites is 1. The second-order valence-corrected chi connectivity index (χ2v) is 7.07. The molecule has 0 fully saturated rings. The molecule has 1 aromatic heterocycles. The minimum Gasteiger partial charge on any atom is -0.344 e. The van der Waals surface area contributed by atoms with Crippen molar-refractivity contribution in [1.29, 1.82) is 0 Å². The van der Waals surface area contributed by atoms with Crippen LogP contribution in [0.5, 0.6) is 0 Å². The fraction of sp³-hybridized carbons (Fsp3) is 0.0870. The van der Waals surface area contributed by atoms with E-state index in [4.69, 9.17) is 11.6 Å². The van der Waals surface area contributed by atoms with Gasteiger partial charge in [0.25, 0.3) is 11.5 Å². The lowest BCUT2D eigenvalue weighted by Gasteiger charge is -2.17. The van der Waals surface area contributed by atoms with E-state index in [1.807, 2.05) is 43.3 Å². The highest BCUT2D eigenvalue weighted by molar-refractivity contribution is 6.31. The quantitative estimate of drug-likeness (QED) is 0.544. The maximum Gasteiger partial charge on any atom is 0.279 e. The number of halogens is 1. The van der Waals surface area contributed by atoms with E-state index in [9.17, 15) is 9.59 Å². The van der Waals surface area contributed by atoms with Crippen molar-refractivity contribution in [2.45, 2.75) is 13.0 Å². The standard InChI is InChI=1S/C23H18ClN3O2/c1-15(17-11-7-8-14-20(17)24)25-22(28)21-18-12-5-6-13-19(18)23(29)27(26-21)16-9-3-2-4-10-16/h2-15H,1H3,(H,25,28). The monoisotopic (exact) mass is 403 g/mol. The Bertz CT molecular complexity index is 1250. The molecule has 0 radical (unpaired) electrons. The number of carbonyl (C=O) groups excluding carboxylic acids is 1. The lowest BCUT2D eigenvalue weighted by molar-refractivity contribution is 0.0935. The molecule has 29 heavy (non-hydrogen) atoms. The first-order valence-corrected chi connectivity index (χ1v) is 9.57. The molecule has 1 atom stereocenters. The molecule has 0 aliphatic rings. The molecule has 0 bridgehead atoms. The van der Waals surface area contributed by atoms with E-state index in [2.05, 4.69) is 10.4 Å². The van der Waals surface area contributed by atoms with Gasteiger partial charge in [0.1, 0.15) is 0 Å². The zero-order chi connectivity index (χ0) is 20.4. The van der Waals surface area contributed by atoms with Crippen LogP contribution in [0.3, 0.4) is 0 Å². The first-order valence-electron chi connectivity index (χ1n) is 9.19. The predicted octanol–water partition coefficient (Wildman–Crippen LogP) is 4.53. The van der Waals surface area contributed by atoms with Gasteiger partial charge in [-0.2, -0.15) is 9.78 Å². The summed E-state index contributed by atoms with van der Waals surface area (Å²) < 4.78 is 1.26. The van der Waals surface area contributed by atoms with E-state index in [0.717, 1.165) is 5.56 Å². The molecule has 1 N–H and O–H groups in total. The number of rotatable bonds is 4. The average molecular weight is 404 g/mol. The van der Waals surface area contributed by atoms with Crippen LogP contribution in [0.1, 0.15) is 29.0 Å². The number of nitrogens with one attached hydrogen (secondary N) is 1. The summed E-state index contributed by atoms with van der Waals surface area (Å²) in [7, 11) is 0. The SMILES string of the molecule is CC(NC(=O)c1nn(-c2ccccc2)c(=O)c2ccccc12)c1ccccc1Cl. The van der Waals surface area contributed by atoms with E-state index >= 15 is 0 Å². The Hall–Kier alpha value is -3.44. The summed E-state index contributed by atoms with van der Waals surface area (Å²) >= 11 is 6.26. The molecule has 0 spiro atoms. The summed E-state index contributed by atoms with van der Waals surface area (Å²) in [5.41, 5.74) is 1.31. The Labute approximate surface area is 172 Å². The van der Waals surface area contributed by atoms with Crippen LogP contribution in [-0.2, 0) is 0 Å². The molecule has 6 heteroatoms. The van der Waals surface area contributed by atoms with E-state index in [1.165, 1.54) is 4.68 Å². The van der Waals surface area contributed by atoms with Crippen LogP contribution in [0, 0.1) is 0 Å². The molecule has 0 saturated carbocycles. The highest BCUT2D eigenvalue weighted by Gasteiger charge is 2.20. The number of fused-ring (bicyclic) bond motifs is 1. The highest BCUT2D eigenvalue weighted by Crippen LogP contribution is 2.23. The van der Waals surface area contributed by atoms with Crippen molar-refractivity contribution in [3.05, 3.63) is 105 Å². The first-order chi connectivity index (χ1) is 14.1. The Balaban J connectivity index is 1.81. The molecule has 4 rings (SSSR count). The molecule has 5 nitrogen and oxygen atoms in total. The summed E-state index contributed by atoms with van der Waals surface area (Å²) in [6.45, 7) is 1.86. The van der Waals surface area contributed by atoms with Crippen molar-refractivity contribution < 1.29 is 4.79 Å².